The highest BCUT2D eigenvalue weighted by molar-refractivity contribution is 7.17. The number of anilines is 1. The lowest BCUT2D eigenvalue weighted by molar-refractivity contribution is -0.119. The Balaban J connectivity index is 1.67. The molecule has 1 heterocycles. The largest absolute Gasteiger partial charge is 0.497 e. The lowest BCUT2D eigenvalue weighted by Gasteiger charge is -2.18. The van der Waals surface area contributed by atoms with Gasteiger partial charge >= 0.3 is 11.9 Å². The minimum Gasteiger partial charge on any atom is -0.497 e. The van der Waals surface area contributed by atoms with Gasteiger partial charge in [0.05, 0.1) is 25.3 Å². The van der Waals surface area contributed by atoms with Gasteiger partial charge in [0.15, 0.2) is 6.61 Å². The van der Waals surface area contributed by atoms with E-state index >= 15 is 0 Å². The van der Waals surface area contributed by atoms with Gasteiger partial charge in [-0.15, -0.1) is 11.3 Å². The average Bonchev–Trinajstić information content (AvgIpc) is 3.08. The molecule has 0 bridgehead atoms. The summed E-state index contributed by atoms with van der Waals surface area (Å²) in [6.07, 6.45) is 2.63. The second kappa shape index (κ2) is 9.09. The molecule has 2 aromatic rings. The van der Waals surface area contributed by atoms with E-state index in [-0.39, 0.29) is 0 Å². The van der Waals surface area contributed by atoms with Crippen LogP contribution >= 0.6 is 11.3 Å². The number of esters is 2. The molecule has 0 spiro atoms. The Morgan fingerprint density at radius 2 is 1.86 bits per heavy atom. The first-order valence-electron chi connectivity index (χ1n) is 9.26. The molecule has 1 N–H and O–H groups in total. The first-order valence-corrected chi connectivity index (χ1v) is 10.1. The first-order chi connectivity index (χ1) is 13.9. The van der Waals surface area contributed by atoms with Gasteiger partial charge in [-0.25, -0.2) is 9.59 Å². The molecule has 1 aromatic carbocycles. The summed E-state index contributed by atoms with van der Waals surface area (Å²) in [4.78, 5) is 37.8. The van der Waals surface area contributed by atoms with Crippen molar-refractivity contribution in [3.8, 4) is 5.75 Å². The molecule has 0 unspecified atom stereocenters. The third-order valence-corrected chi connectivity index (χ3v) is 5.98. The topological polar surface area (TPSA) is 90.9 Å². The number of nitrogens with one attached hydrogen (secondary N) is 1. The predicted molar refractivity (Wildman–Crippen MR) is 109 cm³/mol. The standard InChI is InChI=1S/C21H23NO6S/c1-12-4-9-15-16(10-12)29-19(18(15)21(25)27-3)22-17(23)11-28-20(24)13-5-7-14(26-2)8-6-13/h5-8,12H,4,9-11H2,1-3H3,(H,22,23)/t12-/m1/s1. The van der Waals surface area contributed by atoms with E-state index in [0.29, 0.717) is 27.8 Å². The van der Waals surface area contributed by atoms with E-state index in [0.717, 1.165) is 29.7 Å². The summed E-state index contributed by atoms with van der Waals surface area (Å²) in [6, 6.07) is 6.39. The first kappa shape index (κ1) is 20.9. The van der Waals surface area contributed by atoms with Gasteiger partial charge in [0, 0.05) is 4.88 Å². The zero-order chi connectivity index (χ0) is 21.0. The van der Waals surface area contributed by atoms with Gasteiger partial charge < -0.3 is 19.5 Å². The molecule has 154 valence electrons. The van der Waals surface area contributed by atoms with Crippen molar-refractivity contribution in [2.45, 2.75) is 26.2 Å². The number of fused-ring (bicyclic) bond motifs is 1. The van der Waals surface area contributed by atoms with Crippen molar-refractivity contribution in [1.29, 1.82) is 0 Å². The summed E-state index contributed by atoms with van der Waals surface area (Å²) in [6.45, 7) is 1.71. The van der Waals surface area contributed by atoms with Crippen LogP contribution in [-0.4, -0.2) is 38.7 Å². The van der Waals surface area contributed by atoms with Crippen LogP contribution in [0.4, 0.5) is 5.00 Å². The van der Waals surface area contributed by atoms with Gasteiger partial charge in [0.1, 0.15) is 10.8 Å². The number of carbonyl (C=O) groups is 3. The maximum Gasteiger partial charge on any atom is 0.341 e. The van der Waals surface area contributed by atoms with Crippen LogP contribution in [-0.2, 0) is 27.1 Å². The van der Waals surface area contributed by atoms with Crippen molar-refractivity contribution in [2.24, 2.45) is 5.92 Å². The normalized spacial score (nSPS) is 15.2. The van der Waals surface area contributed by atoms with Gasteiger partial charge in [0.2, 0.25) is 0 Å². The van der Waals surface area contributed by atoms with Crippen LogP contribution in [0.25, 0.3) is 0 Å². The van der Waals surface area contributed by atoms with E-state index < -0.39 is 24.5 Å². The smallest absolute Gasteiger partial charge is 0.341 e. The molecule has 1 aliphatic carbocycles. The van der Waals surface area contributed by atoms with Crippen LogP contribution in [0.15, 0.2) is 24.3 Å². The third-order valence-electron chi connectivity index (χ3n) is 4.81. The highest BCUT2D eigenvalue weighted by atomic mass is 32.1. The molecule has 0 radical (unpaired) electrons. The minimum atomic E-state index is -0.615. The maximum atomic E-state index is 12.3. The zero-order valence-corrected chi connectivity index (χ0v) is 17.4. The molecular weight excluding hydrogens is 394 g/mol. The van der Waals surface area contributed by atoms with Crippen LogP contribution in [0.1, 0.15) is 44.5 Å². The fraction of sp³-hybridized carbons (Fsp3) is 0.381. The molecule has 29 heavy (non-hydrogen) atoms. The Kier molecular flexibility index (Phi) is 6.53. The molecule has 1 amide bonds. The number of ether oxygens (including phenoxy) is 3. The Morgan fingerprint density at radius 3 is 2.52 bits per heavy atom. The predicted octanol–water partition coefficient (Wildman–Crippen LogP) is 3.46. The Labute approximate surface area is 173 Å². The maximum absolute atomic E-state index is 12.3. The Bertz CT molecular complexity index is 918. The van der Waals surface area contributed by atoms with E-state index in [1.165, 1.54) is 25.6 Å². The van der Waals surface area contributed by atoms with Crippen LogP contribution in [0, 0.1) is 5.92 Å². The van der Waals surface area contributed by atoms with Crippen molar-refractivity contribution in [3.05, 3.63) is 45.8 Å². The number of hydrogen-bond acceptors (Lipinski definition) is 7. The van der Waals surface area contributed by atoms with Crippen LogP contribution in [0.3, 0.4) is 0 Å². The van der Waals surface area contributed by atoms with E-state index in [1.54, 1.807) is 24.3 Å². The molecule has 0 saturated carbocycles. The van der Waals surface area contributed by atoms with Crippen LogP contribution < -0.4 is 10.1 Å². The van der Waals surface area contributed by atoms with E-state index in [9.17, 15) is 14.4 Å². The second-order valence-electron chi connectivity index (χ2n) is 6.90. The number of carbonyl (C=O) groups excluding carboxylic acids is 3. The molecule has 0 saturated heterocycles. The highest BCUT2D eigenvalue weighted by Gasteiger charge is 2.29. The zero-order valence-electron chi connectivity index (χ0n) is 16.6. The molecule has 0 aliphatic heterocycles. The number of amides is 1. The monoisotopic (exact) mass is 417 g/mol. The number of methoxy groups -OCH3 is 2. The van der Waals surface area contributed by atoms with Crippen molar-refractivity contribution < 1.29 is 28.6 Å². The summed E-state index contributed by atoms with van der Waals surface area (Å²) < 4.78 is 15.0. The van der Waals surface area contributed by atoms with Crippen molar-refractivity contribution >= 4 is 34.2 Å². The lowest BCUT2D eigenvalue weighted by Crippen LogP contribution is -2.22. The highest BCUT2D eigenvalue weighted by Crippen LogP contribution is 2.40. The third kappa shape index (κ3) is 4.76. The summed E-state index contributed by atoms with van der Waals surface area (Å²) in [5, 5.41) is 3.15. The molecule has 1 atom stereocenters. The quantitative estimate of drug-likeness (QED) is 0.724. The molecule has 0 fully saturated rings. The number of hydrogen-bond donors (Lipinski definition) is 1. The average molecular weight is 417 g/mol. The summed E-state index contributed by atoms with van der Waals surface area (Å²) >= 11 is 1.39. The fourth-order valence-corrected chi connectivity index (χ4v) is 4.68. The van der Waals surface area contributed by atoms with Gasteiger partial charge in [-0.1, -0.05) is 6.92 Å². The molecule has 1 aromatic heterocycles. The fourth-order valence-electron chi connectivity index (χ4n) is 3.26. The minimum absolute atomic E-state index is 0.314. The lowest BCUT2D eigenvalue weighted by atomic mass is 9.88. The SMILES string of the molecule is COC(=O)c1c(NC(=O)COC(=O)c2ccc(OC)cc2)sc2c1CC[C@@H](C)C2. The van der Waals surface area contributed by atoms with Crippen molar-refractivity contribution in [1.82, 2.24) is 0 Å². The number of rotatable bonds is 6. The summed E-state index contributed by atoms with van der Waals surface area (Å²) in [5.74, 6) is -0.451. The van der Waals surface area contributed by atoms with Crippen LogP contribution in [0.2, 0.25) is 0 Å². The van der Waals surface area contributed by atoms with Crippen molar-refractivity contribution in [3.63, 3.8) is 0 Å². The van der Waals surface area contributed by atoms with E-state index in [1.807, 2.05) is 0 Å². The summed E-state index contributed by atoms with van der Waals surface area (Å²) in [5.41, 5.74) is 1.68. The molecule has 8 heteroatoms. The summed E-state index contributed by atoms with van der Waals surface area (Å²) in [7, 11) is 2.85. The van der Waals surface area contributed by atoms with Gasteiger partial charge in [-0.3, -0.25) is 4.79 Å². The van der Waals surface area contributed by atoms with Gasteiger partial charge in [0.25, 0.3) is 5.91 Å². The van der Waals surface area contributed by atoms with Crippen LogP contribution in [0.5, 0.6) is 5.75 Å². The van der Waals surface area contributed by atoms with Crippen molar-refractivity contribution in [2.75, 3.05) is 26.1 Å². The number of benzene rings is 1. The van der Waals surface area contributed by atoms with E-state index in [4.69, 9.17) is 14.2 Å². The molecule has 7 nitrogen and oxygen atoms in total. The van der Waals surface area contributed by atoms with Gasteiger partial charge in [-0.2, -0.15) is 0 Å². The Hall–Kier alpha value is -2.87. The molecule has 1 aliphatic rings. The van der Waals surface area contributed by atoms with Gasteiger partial charge in [-0.05, 0) is 55.0 Å². The Morgan fingerprint density at radius 1 is 1.14 bits per heavy atom. The van der Waals surface area contributed by atoms with E-state index in [2.05, 4.69) is 12.2 Å². The molecular formula is C21H23NO6S. The second-order valence-corrected chi connectivity index (χ2v) is 8.01. The number of thiophene rings is 1. The molecule has 3 rings (SSSR count).